The van der Waals surface area contributed by atoms with Crippen molar-refractivity contribution in [2.45, 2.75) is 69.5 Å². The number of sulfonamides is 1. The molecule has 9 heteroatoms. The second-order valence-electron chi connectivity index (χ2n) is 10.2. The van der Waals surface area contributed by atoms with E-state index in [1.807, 2.05) is 43.3 Å². The molecule has 4 rings (SSSR count). The average molecular weight is 582 g/mol. The molecule has 40 heavy (non-hydrogen) atoms. The van der Waals surface area contributed by atoms with Gasteiger partial charge in [-0.1, -0.05) is 79.9 Å². The summed E-state index contributed by atoms with van der Waals surface area (Å²) in [6.07, 6.45) is 4.39. The van der Waals surface area contributed by atoms with Gasteiger partial charge >= 0.3 is 0 Å². The third-order valence-corrected chi connectivity index (χ3v) is 9.37. The van der Waals surface area contributed by atoms with Gasteiger partial charge in [0.1, 0.15) is 12.6 Å². The van der Waals surface area contributed by atoms with Crippen LogP contribution >= 0.6 is 11.6 Å². The first-order valence-electron chi connectivity index (χ1n) is 13.7. The molecular weight excluding hydrogens is 546 g/mol. The zero-order chi connectivity index (χ0) is 28.7. The number of amides is 2. The number of benzene rings is 3. The number of nitrogens with one attached hydrogen (secondary N) is 1. The highest BCUT2D eigenvalue weighted by molar-refractivity contribution is 7.92. The molecule has 2 amide bonds. The second kappa shape index (κ2) is 13.3. The van der Waals surface area contributed by atoms with E-state index in [0.29, 0.717) is 22.7 Å². The predicted octanol–water partition coefficient (Wildman–Crippen LogP) is 5.71. The van der Waals surface area contributed by atoms with Gasteiger partial charge in [-0.2, -0.15) is 0 Å². The molecule has 1 aliphatic carbocycles. The van der Waals surface area contributed by atoms with Crippen LogP contribution in [0.15, 0.2) is 83.8 Å². The zero-order valence-corrected chi connectivity index (χ0v) is 24.5. The molecule has 7 nitrogen and oxygen atoms in total. The first-order chi connectivity index (χ1) is 19.2. The van der Waals surface area contributed by atoms with E-state index < -0.39 is 28.5 Å². The maximum absolute atomic E-state index is 14.1. The number of halogens is 1. The van der Waals surface area contributed by atoms with Crippen LogP contribution in [-0.4, -0.2) is 43.8 Å². The van der Waals surface area contributed by atoms with E-state index in [4.69, 9.17) is 11.6 Å². The Hall–Kier alpha value is -3.36. The summed E-state index contributed by atoms with van der Waals surface area (Å²) in [5.41, 5.74) is 1.95. The van der Waals surface area contributed by atoms with Gasteiger partial charge in [0.15, 0.2) is 0 Å². The van der Waals surface area contributed by atoms with Crippen LogP contribution in [0.5, 0.6) is 0 Å². The second-order valence-corrected chi connectivity index (χ2v) is 12.5. The van der Waals surface area contributed by atoms with Gasteiger partial charge < -0.3 is 10.2 Å². The smallest absolute Gasteiger partial charge is 0.264 e. The average Bonchev–Trinajstić information content (AvgIpc) is 3.46. The van der Waals surface area contributed by atoms with Crippen molar-refractivity contribution in [1.82, 2.24) is 10.2 Å². The molecule has 1 N–H and O–H groups in total. The van der Waals surface area contributed by atoms with E-state index in [-0.39, 0.29) is 23.4 Å². The van der Waals surface area contributed by atoms with Crippen molar-refractivity contribution in [2.75, 3.05) is 10.8 Å². The summed E-state index contributed by atoms with van der Waals surface area (Å²) in [4.78, 5) is 29.2. The first-order valence-corrected chi connectivity index (χ1v) is 15.5. The molecule has 1 fully saturated rings. The molecule has 1 aliphatic rings. The van der Waals surface area contributed by atoms with Crippen LogP contribution in [0.2, 0.25) is 5.02 Å². The summed E-state index contributed by atoms with van der Waals surface area (Å²) in [5.74, 6) is -0.667. The lowest BCUT2D eigenvalue weighted by molar-refractivity contribution is -0.140. The Bertz CT molecular complexity index is 1410. The molecule has 0 unspecified atom stereocenters. The fourth-order valence-corrected chi connectivity index (χ4v) is 6.76. The van der Waals surface area contributed by atoms with Crippen molar-refractivity contribution < 1.29 is 18.0 Å². The van der Waals surface area contributed by atoms with Gasteiger partial charge in [-0.15, -0.1) is 0 Å². The van der Waals surface area contributed by atoms with E-state index in [1.54, 1.807) is 25.1 Å². The third-order valence-electron chi connectivity index (χ3n) is 7.35. The van der Waals surface area contributed by atoms with Crippen LogP contribution in [0.1, 0.15) is 50.2 Å². The summed E-state index contributed by atoms with van der Waals surface area (Å²) < 4.78 is 29.0. The number of carbonyl (C=O) groups is 2. The number of hydrogen-bond donors (Lipinski definition) is 1. The third kappa shape index (κ3) is 7.04. The predicted molar refractivity (Wildman–Crippen MR) is 159 cm³/mol. The van der Waals surface area contributed by atoms with E-state index in [0.717, 1.165) is 35.6 Å². The highest BCUT2D eigenvalue weighted by atomic mass is 35.5. The Kier molecular flexibility index (Phi) is 9.87. The highest BCUT2D eigenvalue weighted by Gasteiger charge is 2.35. The Labute approximate surface area is 242 Å². The van der Waals surface area contributed by atoms with Crippen LogP contribution in [-0.2, 0) is 26.2 Å². The van der Waals surface area contributed by atoms with Crippen LogP contribution in [0.4, 0.5) is 5.69 Å². The summed E-state index contributed by atoms with van der Waals surface area (Å²) in [5, 5.41) is 3.54. The molecule has 1 atom stereocenters. The lowest BCUT2D eigenvalue weighted by Crippen LogP contribution is -2.53. The van der Waals surface area contributed by atoms with E-state index in [9.17, 15) is 18.0 Å². The van der Waals surface area contributed by atoms with Gasteiger partial charge in [0.2, 0.25) is 11.8 Å². The van der Waals surface area contributed by atoms with E-state index in [2.05, 4.69) is 5.32 Å². The van der Waals surface area contributed by atoms with Gasteiger partial charge in [0, 0.05) is 17.6 Å². The molecule has 0 heterocycles. The van der Waals surface area contributed by atoms with Crippen molar-refractivity contribution in [2.24, 2.45) is 0 Å². The van der Waals surface area contributed by atoms with Crippen molar-refractivity contribution in [3.8, 4) is 0 Å². The van der Waals surface area contributed by atoms with Crippen LogP contribution in [0.3, 0.4) is 0 Å². The lowest BCUT2D eigenvalue weighted by Gasteiger charge is -2.34. The standard InChI is InChI=1S/C31H36ClN3O4S/c1-3-28(31(37)33-26-14-8-9-15-26)34(21-24-12-5-4-6-13-24)30(36)22-35(29-16-10-7-11-23(29)2)40(38,39)27-19-17-25(32)18-20-27/h4-7,10-13,16-20,26,28H,3,8-9,14-15,21-22H2,1-2H3,(H,33,37)/t28-/m0/s1. The van der Waals surface area contributed by atoms with Gasteiger partial charge in [-0.05, 0) is 67.6 Å². The van der Waals surface area contributed by atoms with Gasteiger partial charge in [-0.25, -0.2) is 8.42 Å². The number of para-hydroxylation sites is 1. The number of hydrogen-bond acceptors (Lipinski definition) is 4. The molecular formula is C31H36ClN3O4S. The number of carbonyl (C=O) groups excluding carboxylic acids is 2. The lowest BCUT2D eigenvalue weighted by atomic mass is 10.1. The highest BCUT2D eigenvalue weighted by Crippen LogP contribution is 2.28. The summed E-state index contributed by atoms with van der Waals surface area (Å²) in [6.45, 7) is 3.39. The maximum Gasteiger partial charge on any atom is 0.264 e. The van der Waals surface area contributed by atoms with Crippen molar-refractivity contribution in [3.63, 3.8) is 0 Å². The maximum atomic E-state index is 14.1. The quantitative estimate of drug-likeness (QED) is 0.314. The Balaban J connectivity index is 1.71. The first kappa shape index (κ1) is 29.6. The zero-order valence-electron chi connectivity index (χ0n) is 22.9. The number of aryl methyl sites for hydroxylation is 1. The van der Waals surface area contributed by atoms with E-state index in [1.165, 1.54) is 29.2 Å². The van der Waals surface area contributed by atoms with Gasteiger partial charge in [-0.3, -0.25) is 13.9 Å². The SMILES string of the molecule is CC[C@@H](C(=O)NC1CCCC1)N(Cc1ccccc1)C(=O)CN(c1ccccc1C)S(=O)(=O)c1ccc(Cl)cc1. The van der Waals surface area contributed by atoms with Crippen LogP contribution in [0, 0.1) is 6.92 Å². The minimum atomic E-state index is -4.14. The largest absolute Gasteiger partial charge is 0.352 e. The van der Waals surface area contributed by atoms with Crippen LogP contribution in [0.25, 0.3) is 0 Å². The minimum Gasteiger partial charge on any atom is -0.352 e. The minimum absolute atomic E-state index is 0.0218. The van der Waals surface area contributed by atoms with Crippen molar-refractivity contribution in [1.29, 1.82) is 0 Å². The molecule has 0 aliphatic heterocycles. The Morgan fingerprint density at radius 1 is 0.950 bits per heavy atom. The molecule has 0 radical (unpaired) electrons. The fourth-order valence-electron chi connectivity index (χ4n) is 5.16. The molecule has 212 valence electrons. The molecule has 0 aromatic heterocycles. The van der Waals surface area contributed by atoms with Gasteiger partial charge in [0.25, 0.3) is 10.0 Å². The molecule has 0 bridgehead atoms. The molecule has 3 aromatic rings. The Morgan fingerprint density at radius 2 is 1.57 bits per heavy atom. The Morgan fingerprint density at radius 3 is 2.20 bits per heavy atom. The van der Waals surface area contributed by atoms with Crippen molar-refractivity contribution in [3.05, 3.63) is 95.0 Å². The summed E-state index contributed by atoms with van der Waals surface area (Å²) in [6, 6.07) is 21.7. The monoisotopic (exact) mass is 581 g/mol. The van der Waals surface area contributed by atoms with Crippen LogP contribution < -0.4 is 9.62 Å². The number of nitrogens with zero attached hydrogens (tertiary/aromatic N) is 2. The number of anilines is 1. The normalized spacial score (nSPS) is 14.5. The summed E-state index contributed by atoms with van der Waals surface area (Å²) in [7, 11) is -4.14. The molecule has 0 saturated heterocycles. The molecule has 1 saturated carbocycles. The summed E-state index contributed by atoms with van der Waals surface area (Å²) >= 11 is 6.02. The van der Waals surface area contributed by atoms with E-state index >= 15 is 0 Å². The molecule has 3 aromatic carbocycles. The molecule has 0 spiro atoms. The fraction of sp³-hybridized carbons (Fsp3) is 0.355. The topological polar surface area (TPSA) is 86.8 Å². The number of rotatable bonds is 11. The van der Waals surface area contributed by atoms with Gasteiger partial charge in [0.05, 0.1) is 10.6 Å². The van der Waals surface area contributed by atoms with Crippen molar-refractivity contribution >= 4 is 39.1 Å².